The summed E-state index contributed by atoms with van der Waals surface area (Å²) < 4.78 is 0. The third-order valence-electron chi connectivity index (χ3n) is 1.59. The Kier molecular flexibility index (Phi) is 5.33. The van der Waals surface area contributed by atoms with Crippen LogP contribution in [0.25, 0.3) is 0 Å². The molecular formula is C8H17NO2S. The van der Waals surface area contributed by atoms with Gasteiger partial charge >= 0.3 is 5.97 Å². The molecule has 0 aliphatic rings. The monoisotopic (exact) mass is 191 g/mol. The molecule has 4 heteroatoms. The number of hydrogen-bond acceptors (Lipinski definition) is 3. The summed E-state index contributed by atoms with van der Waals surface area (Å²) in [5, 5.41) is 8.60. The average Bonchev–Trinajstić information content (AvgIpc) is 1.84. The molecule has 0 aromatic heterocycles. The Labute approximate surface area is 78.7 Å². The predicted octanol–water partition coefficient (Wildman–Crippen LogP) is 1.13. The van der Waals surface area contributed by atoms with E-state index in [4.69, 9.17) is 10.8 Å². The Morgan fingerprint density at radius 3 is 2.33 bits per heavy atom. The molecule has 2 atom stereocenters. The lowest BCUT2D eigenvalue weighted by Gasteiger charge is -2.15. The second-order valence-electron chi connectivity index (χ2n) is 3.46. The van der Waals surface area contributed by atoms with Gasteiger partial charge < -0.3 is 10.8 Å². The second kappa shape index (κ2) is 5.43. The molecule has 2 unspecified atom stereocenters. The van der Waals surface area contributed by atoms with Crippen LogP contribution in [0.15, 0.2) is 0 Å². The van der Waals surface area contributed by atoms with Crippen molar-refractivity contribution in [2.45, 2.75) is 38.0 Å². The van der Waals surface area contributed by atoms with Crippen LogP contribution in [0.5, 0.6) is 0 Å². The third-order valence-corrected chi connectivity index (χ3v) is 2.01. The summed E-state index contributed by atoms with van der Waals surface area (Å²) in [5.74, 6) is -0.411. The standard InChI is InChI=1S/C8H17NO2S/c1-5(2)3-6(12)4-7(9)8(10)11/h5-7,12H,3-4,9H2,1-2H3,(H,10,11). The van der Waals surface area contributed by atoms with Gasteiger partial charge in [0.2, 0.25) is 0 Å². The quantitative estimate of drug-likeness (QED) is 0.571. The van der Waals surface area contributed by atoms with E-state index in [1.165, 1.54) is 0 Å². The summed E-state index contributed by atoms with van der Waals surface area (Å²) in [6.07, 6.45) is 1.35. The van der Waals surface area contributed by atoms with Gasteiger partial charge in [-0.15, -0.1) is 0 Å². The van der Waals surface area contributed by atoms with Gasteiger partial charge in [0.05, 0.1) is 0 Å². The smallest absolute Gasteiger partial charge is 0.320 e. The molecule has 0 aromatic rings. The predicted molar refractivity (Wildman–Crippen MR) is 52.5 cm³/mol. The van der Waals surface area contributed by atoms with E-state index in [0.717, 1.165) is 6.42 Å². The van der Waals surface area contributed by atoms with Gasteiger partial charge in [-0.05, 0) is 18.8 Å². The van der Waals surface area contributed by atoms with Crippen molar-refractivity contribution in [1.82, 2.24) is 0 Å². The summed E-state index contributed by atoms with van der Waals surface area (Å²) >= 11 is 4.26. The van der Waals surface area contributed by atoms with Gasteiger partial charge in [-0.2, -0.15) is 12.6 Å². The van der Waals surface area contributed by atoms with Gasteiger partial charge in [0, 0.05) is 5.25 Å². The van der Waals surface area contributed by atoms with Crippen LogP contribution in [0.1, 0.15) is 26.7 Å². The van der Waals surface area contributed by atoms with E-state index < -0.39 is 12.0 Å². The maximum atomic E-state index is 10.4. The number of carbonyl (C=O) groups is 1. The lowest BCUT2D eigenvalue weighted by molar-refractivity contribution is -0.138. The van der Waals surface area contributed by atoms with E-state index >= 15 is 0 Å². The van der Waals surface area contributed by atoms with E-state index in [-0.39, 0.29) is 5.25 Å². The molecule has 12 heavy (non-hydrogen) atoms. The first-order chi connectivity index (χ1) is 5.43. The molecule has 0 heterocycles. The van der Waals surface area contributed by atoms with E-state index in [1.807, 2.05) is 0 Å². The van der Waals surface area contributed by atoms with Crippen molar-refractivity contribution in [3.63, 3.8) is 0 Å². The fourth-order valence-electron chi connectivity index (χ4n) is 1.03. The van der Waals surface area contributed by atoms with E-state index in [9.17, 15) is 4.79 Å². The maximum Gasteiger partial charge on any atom is 0.320 e. The van der Waals surface area contributed by atoms with Crippen LogP contribution >= 0.6 is 12.6 Å². The summed E-state index contributed by atoms with van der Waals surface area (Å²) in [4.78, 5) is 10.4. The largest absolute Gasteiger partial charge is 0.480 e. The van der Waals surface area contributed by atoms with Crippen molar-refractivity contribution in [3.8, 4) is 0 Å². The summed E-state index contributed by atoms with van der Waals surface area (Å²) in [6, 6.07) is -0.772. The molecule has 0 aromatic carbocycles. The minimum absolute atomic E-state index is 0.0936. The van der Waals surface area contributed by atoms with Crippen LogP contribution in [0, 0.1) is 5.92 Å². The maximum absolute atomic E-state index is 10.4. The van der Waals surface area contributed by atoms with Crippen LogP contribution < -0.4 is 5.73 Å². The zero-order valence-corrected chi connectivity index (χ0v) is 8.42. The first kappa shape index (κ1) is 11.8. The van der Waals surface area contributed by atoms with Crippen molar-refractivity contribution in [2.75, 3.05) is 0 Å². The summed E-state index contributed by atoms with van der Waals surface area (Å²) in [5.41, 5.74) is 5.34. The highest BCUT2D eigenvalue weighted by molar-refractivity contribution is 7.80. The van der Waals surface area contributed by atoms with Crippen molar-refractivity contribution >= 4 is 18.6 Å². The van der Waals surface area contributed by atoms with E-state index in [1.54, 1.807) is 0 Å². The highest BCUT2D eigenvalue weighted by Gasteiger charge is 2.16. The fourth-order valence-corrected chi connectivity index (χ4v) is 1.68. The topological polar surface area (TPSA) is 63.3 Å². The average molecular weight is 191 g/mol. The number of carboxylic acids is 1. The molecule has 3 N–H and O–H groups in total. The molecule has 0 aliphatic heterocycles. The number of thiol groups is 1. The van der Waals surface area contributed by atoms with Gasteiger partial charge in [-0.3, -0.25) is 4.79 Å². The normalized spacial score (nSPS) is 16.1. The zero-order chi connectivity index (χ0) is 9.72. The van der Waals surface area contributed by atoms with Gasteiger partial charge in [-0.1, -0.05) is 13.8 Å². The minimum atomic E-state index is -0.946. The van der Waals surface area contributed by atoms with Crippen molar-refractivity contribution in [1.29, 1.82) is 0 Å². The molecular weight excluding hydrogens is 174 g/mol. The first-order valence-corrected chi connectivity index (χ1v) is 4.61. The molecule has 0 spiro atoms. The Balaban J connectivity index is 3.68. The Morgan fingerprint density at radius 1 is 1.50 bits per heavy atom. The van der Waals surface area contributed by atoms with E-state index in [0.29, 0.717) is 12.3 Å². The molecule has 3 nitrogen and oxygen atoms in total. The molecule has 0 amide bonds. The molecule has 72 valence electrons. The number of hydrogen-bond donors (Lipinski definition) is 3. The fraction of sp³-hybridized carbons (Fsp3) is 0.875. The summed E-state index contributed by atoms with van der Waals surface area (Å²) in [6.45, 7) is 4.16. The van der Waals surface area contributed by atoms with Crippen LogP contribution in [0.3, 0.4) is 0 Å². The zero-order valence-electron chi connectivity index (χ0n) is 7.53. The Bertz CT molecular complexity index is 150. The van der Waals surface area contributed by atoms with Crippen LogP contribution in [-0.2, 0) is 4.79 Å². The van der Waals surface area contributed by atoms with Gasteiger partial charge in [0.1, 0.15) is 6.04 Å². The number of rotatable bonds is 5. The molecule has 0 fully saturated rings. The number of aliphatic carboxylic acids is 1. The summed E-state index contributed by atoms with van der Waals surface area (Å²) in [7, 11) is 0. The van der Waals surface area contributed by atoms with Crippen molar-refractivity contribution in [3.05, 3.63) is 0 Å². The van der Waals surface area contributed by atoms with Crippen molar-refractivity contribution in [2.24, 2.45) is 11.7 Å². The molecule has 0 aliphatic carbocycles. The molecule has 0 radical (unpaired) electrons. The molecule has 0 saturated heterocycles. The molecule has 0 rings (SSSR count). The van der Waals surface area contributed by atoms with Gasteiger partial charge in [0.25, 0.3) is 0 Å². The first-order valence-electron chi connectivity index (χ1n) is 4.10. The van der Waals surface area contributed by atoms with Crippen molar-refractivity contribution < 1.29 is 9.90 Å². The van der Waals surface area contributed by atoms with Gasteiger partial charge in [-0.25, -0.2) is 0 Å². The number of carboxylic acid groups (broad SMARTS) is 1. The van der Waals surface area contributed by atoms with Crippen LogP contribution in [-0.4, -0.2) is 22.4 Å². The number of nitrogens with two attached hydrogens (primary N) is 1. The highest BCUT2D eigenvalue weighted by atomic mass is 32.1. The Morgan fingerprint density at radius 2 is 2.00 bits per heavy atom. The van der Waals surface area contributed by atoms with E-state index in [2.05, 4.69) is 26.5 Å². The third kappa shape index (κ3) is 5.43. The lowest BCUT2D eigenvalue weighted by atomic mass is 10.0. The second-order valence-corrected chi connectivity index (χ2v) is 4.19. The lowest BCUT2D eigenvalue weighted by Crippen LogP contribution is -2.33. The Hall–Kier alpha value is -0.220. The van der Waals surface area contributed by atoms with Crippen LogP contribution in [0.4, 0.5) is 0 Å². The van der Waals surface area contributed by atoms with Crippen LogP contribution in [0.2, 0.25) is 0 Å². The minimum Gasteiger partial charge on any atom is -0.480 e. The van der Waals surface area contributed by atoms with Gasteiger partial charge in [0.15, 0.2) is 0 Å². The SMILES string of the molecule is CC(C)CC(S)CC(N)C(=O)O. The molecule has 0 saturated carbocycles. The molecule has 0 bridgehead atoms. The highest BCUT2D eigenvalue weighted by Crippen LogP contribution is 2.14.